The third kappa shape index (κ3) is 3.11. The van der Waals surface area contributed by atoms with E-state index < -0.39 is 12.7 Å². The first-order valence-electron chi connectivity index (χ1n) is 7.06. The lowest BCUT2D eigenvalue weighted by atomic mass is 10.1. The molecule has 0 saturated carbocycles. The van der Waals surface area contributed by atoms with Gasteiger partial charge in [0.1, 0.15) is 11.3 Å². The van der Waals surface area contributed by atoms with Crippen LogP contribution in [0.1, 0.15) is 11.7 Å². The minimum Gasteiger partial charge on any atom is -0.435 e. The first kappa shape index (κ1) is 16.1. The number of rotatable bonds is 5. The number of aliphatic hydroxyl groups is 1. The molecule has 0 bridgehead atoms. The third-order valence-electron chi connectivity index (χ3n) is 3.57. The standard InChI is InChI=1S/C15H14F2N4O3/c1-20-14(23)13-10(6-18-20)7-19-21(13)8-12(22)9-2-4-11(5-3-9)24-15(16)17/h2-7,12,15,22H,8H2,1H3. The van der Waals surface area contributed by atoms with Crippen molar-refractivity contribution in [3.05, 3.63) is 52.6 Å². The summed E-state index contributed by atoms with van der Waals surface area (Å²) in [6, 6.07) is 5.64. The predicted octanol–water partition coefficient (Wildman–Crippen LogP) is 1.46. The minimum atomic E-state index is -2.90. The first-order valence-corrected chi connectivity index (χ1v) is 7.06. The number of aliphatic hydroxyl groups excluding tert-OH is 1. The van der Waals surface area contributed by atoms with Crippen LogP contribution in [-0.2, 0) is 13.6 Å². The van der Waals surface area contributed by atoms with Crippen molar-refractivity contribution in [1.82, 2.24) is 19.6 Å². The van der Waals surface area contributed by atoms with Crippen molar-refractivity contribution in [1.29, 1.82) is 0 Å². The smallest absolute Gasteiger partial charge is 0.387 e. The maximum atomic E-state index is 12.1. The van der Waals surface area contributed by atoms with Crippen LogP contribution >= 0.6 is 0 Å². The Hall–Kier alpha value is -2.81. The van der Waals surface area contributed by atoms with Gasteiger partial charge >= 0.3 is 6.61 Å². The number of alkyl halides is 2. The number of aryl methyl sites for hydroxylation is 1. The molecule has 0 aliphatic heterocycles. The Bertz CT molecular complexity index is 905. The van der Waals surface area contributed by atoms with E-state index in [1.807, 2.05) is 0 Å². The molecule has 0 amide bonds. The van der Waals surface area contributed by atoms with Gasteiger partial charge in [-0.2, -0.15) is 19.0 Å². The van der Waals surface area contributed by atoms with Gasteiger partial charge in [0.25, 0.3) is 5.56 Å². The first-order chi connectivity index (χ1) is 11.5. The summed E-state index contributed by atoms with van der Waals surface area (Å²) in [5, 5.41) is 18.9. The van der Waals surface area contributed by atoms with Crippen LogP contribution < -0.4 is 10.3 Å². The van der Waals surface area contributed by atoms with E-state index in [4.69, 9.17) is 0 Å². The van der Waals surface area contributed by atoms with Crippen molar-refractivity contribution >= 4 is 10.9 Å². The van der Waals surface area contributed by atoms with Crippen LogP contribution in [0, 0.1) is 0 Å². The highest BCUT2D eigenvalue weighted by molar-refractivity contribution is 5.76. The molecular formula is C15H14F2N4O3. The zero-order chi connectivity index (χ0) is 17.3. The highest BCUT2D eigenvalue weighted by Crippen LogP contribution is 2.21. The van der Waals surface area contributed by atoms with Crippen molar-refractivity contribution in [2.75, 3.05) is 0 Å². The van der Waals surface area contributed by atoms with Gasteiger partial charge in [0.05, 0.1) is 25.0 Å². The topological polar surface area (TPSA) is 82.2 Å². The second kappa shape index (κ2) is 6.36. The number of benzene rings is 1. The van der Waals surface area contributed by atoms with Crippen LogP contribution in [0.3, 0.4) is 0 Å². The molecule has 1 unspecified atom stereocenters. The quantitative estimate of drug-likeness (QED) is 0.763. The molecule has 0 saturated heterocycles. The van der Waals surface area contributed by atoms with Crippen LogP contribution in [0.2, 0.25) is 0 Å². The molecule has 1 atom stereocenters. The van der Waals surface area contributed by atoms with Gasteiger partial charge < -0.3 is 9.84 Å². The van der Waals surface area contributed by atoms with Crippen LogP contribution in [0.15, 0.2) is 41.5 Å². The summed E-state index contributed by atoms with van der Waals surface area (Å²) in [4.78, 5) is 12.1. The maximum absolute atomic E-state index is 12.1. The van der Waals surface area contributed by atoms with Gasteiger partial charge in [-0.25, -0.2) is 4.68 Å². The lowest BCUT2D eigenvalue weighted by molar-refractivity contribution is -0.0498. The molecule has 3 rings (SSSR count). The van der Waals surface area contributed by atoms with E-state index in [9.17, 15) is 18.7 Å². The second-order valence-corrected chi connectivity index (χ2v) is 5.17. The molecule has 0 aliphatic rings. The Morgan fingerprint density at radius 3 is 2.54 bits per heavy atom. The summed E-state index contributed by atoms with van der Waals surface area (Å²) in [6.07, 6.45) is 2.05. The third-order valence-corrected chi connectivity index (χ3v) is 3.57. The molecule has 0 aliphatic carbocycles. The molecule has 1 N–H and O–H groups in total. The average molecular weight is 336 g/mol. The van der Waals surface area contributed by atoms with Gasteiger partial charge in [0.2, 0.25) is 0 Å². The molecule has 0 spiro atoms. The van der Waals surface area contributed by atoms with E-state index in [-0.39, 0.29) is 17.9 Å². The van der Waals surface area contributed by atoms with Crippen molar-refractivity contribution in [3.63, 3.8) is 0 Å². The van der Waals surface area contributed by atoms with Gasteiger partial charge in [0.15, 0.2) is 0 Å². The van der Waals surface area contributed by atoms with E-state index >= 15 is 0 Å². The van der Waals surface area contributed by atoms with E-state index in [0.29, 0.717) is 16.5 Å². The molecule has 24 heavy (non-hydrogen) atoms. The summed E-state index contributed by atoms with van der Waals surface area (Å²) < 4.78 is 31.1. The zero-order valence-electron chi connectivity index (χ0n) is 12.6. The summed E-state index contributed by atoms with van der Waals surface area (Å²) in [5.74, 6) is 0.00503. The molecule has 2 aromatic heterocycles. The van der Waals surface area contributed by atoms with E-state index in [1.165, 1.54) is 53.1 Å². The summed E-state index contributed by atoms with van der Waals surface area (Å²) in [7, 11) is 1.53. The Balaban J connectivity index is 1.83. The summed E-state index contributed by atoms with van der Waals surface area (Å²) >= 11 is 0. The SMILES string of the molecule is Cn1ncc2cnn(CC(O)c3ccc(OC(F)F)cc3)c2c1=O. The number of nitrogens with zero attached hydrogens (tertiary/aromatic N) is 4. The minimum absolute atomic E-state index is 0.00503. The average Bonchev–Trinajstić information content (AvgIpc) is 2.94. The van der Waals surface area contributed by atoms with Crippen molar-refractivity contribution in [3.8, 4) is 5.75 Å². The van der Waals surface area contributed by atoms with Crippen molar-refractivity contribution in [2.24, 2.45) is 7.05 Å². The van der Waals surface area contributed by atoms with Crippen LogP contribution in [0.5, 0.6) is 5.75 Å². The van der Waals surface area contributed by atoms with Crippen LogP contribution in [0.4, 0.5) is 8.78 Å². The van der Waals surface area contributed by atoms with E-state index in [1.54, 1.807) is 0 Å². The molecule has 1 aromatic carbocycles. The highest BCUT2D eigenvalue weighted by atomic mass is 19.3. The maximum Gasteiger partial charge on any atom is 0.387 e. The summed E-state index contributed by atoms with van der Waals surface area (Å²) in [6.45, 7) is -2.86. The normalized spacial score (nSPS) is 12.7. The largest absolute Gasteiger partial charge is 0.435 e. The Labute approximate surface area is 134 Å². The van der Waals surface area contributed by atoms with Crippen molar-refractivity contribution < 1.29 is 18.6 Å². The second-order valence-electron chi connectivity index (χ2n) is 5.17. The molecule has 126 valence electrons. The Morgan fingerprint density at radius 1 is 1.21 bits per heavy atom. The van der Waals surface area contributed by atoms with Gasteiger partial charge in [-0.1, -0.05) is 12.1 Å². The highest BCUT2D eigenvalue weighted by Gasteiger charge is 2.15. The Morgan fingerprint density at radius 2 is 1.88 bits per heavy atom. The molecule has 9 heteroatoms. The molecule has 3 aromatic rings. The number of hydrogen-bond acceptors (Lipinski definition) is 5. The number of hydrogen-bond donors (Lipinski definition) is 1. The summed E-state index contributed by atoms with van der Waals surface area (Å²) in [5.41, 5.74) is 0.508. The van der Waals surface area contributed by atoms with Gasteiger partial charge in [-0.15, -0.1) is 0 Å². The molecular weight excluding hydrogens is 322 g/mol. The Kier molecular flexibility index (Phi) is 4.26. The zero-order valence-corrected chi connectivity index (χ0v) is 12.6. The van der Waals surface area contributed by atoms with Crippen LogP contribution in [0.25, 0.3) is 10.9 Å². The number of fused-ring (bicyclic) bond motifs is 1. The van der Waals surface area contributed by atoms with E-state index in [0.717, 1.165) is 0 Å². The molecule has 0 fully saturated rings. The van der Waals surface area contributed by atoms with Gasteiger partial charge in [0, 0.05) is 12.4 Å². The molecule has 2 heterocycles. The number of halogens is 2. The monoisotopic (exact) mass is 336 g/mol. The lowest BCUT2D eigenvalue weighted by Crippen LogP contribution is -2.22. The molecule has 0 radical (unpaired) electrons. The van der Waals surface area contributed by atoms with Gasteiger partial charge in [-0.3, -0.25) is 9.48 Å². The van der Waals surface area contributed by atoms with Gasteiger partial charge in [-0.05, 0) is 17.7 Å². The fourth-order valence-electron chi connectivity index (χ4n) is 2.36. The fourth-order valence-corrected chi connectivity index (χ4v) is 2.36. The predicted molar refractivity (Wildman–Crippen MR) is 80.8 cm³/mol. The lowest BCUT2D eigenvalue weighted by Gasteiger charge is -2.13. The van der Waals surface area contributed by atoms with Crippen LogP contribution in [-0.4, -0.2) is 31.3 Å². The number of ether oxygens (including phenoxy) is 1. The van der Waals surface area contributed by atoms with Crippen molar-refractivity contribution in [2.45, 2.75) is 19.3 Å². The van der Waals surface area contributed by atoms with E-state index in [2.05, 4.69) is 14.9 Å². The fraction of sp³-hybridized carbons (Fsp3) is 0.267. The number of aromatic nitrogens is 4. The molecule has 7 nitrogen and oxygen atoms in total.